The molecule has 0 unspecified atom stereocenters. The molecule has 0 aliphatic carbocycles. The van der Waals surface area contributed by atoms with Gasteiger partial charge in [0.1, 0.15) is 25.2 Å². The van der Waals surface area contributed by atoms with E-state index in [9.17, 15) is 19.2 Å². The van der Waals surface area contributed by atoms with Crippen LogP contribution in [0.25, 0.3) is 11.0 Å². The number of fused-ring (bicyclic) bond motifs is 1. The molecule has 2 heterocycles. The van der Waals surface area contributed by atoms with Gasteiger partial charge in [0.15, 0.2) is 14.1 Å². The average molecular weight is 930 g/mol. The highest BCUT2D eigenvalue weighted by Crippen LogP contribution is 2.51. The first kappa shape index (κ1) is 48.8. The lowest BCUT2D eigenvalue weighted by atomic mass is 9.79. The molecule has 1 saturated heterocycles. The third kappa shape index (κ3) is 9.26. The Labute approximate surface area is 386 Å². The van der Waals surface area contributed by atoms with Gasteiger partial charge >= 0.3 is 23.8 Å². The molecule has 0 N–H and O–H groups in total. The minimum Gasteiger partial charge on any atom is -0.457 e. The van der Waals surface area contributed by atoms with E-state index in [1.807, 2.05) is 97.9 Å². The van der Waals surface area contributed by atoms with Crippen molar-refractivity contribution in [1.82, 2.24) is 14.0 Å². The third-order valence-corrected chi connectivity index (χ3v) is 20.9. The van der Waals surface area contributed by atoms with Crippen LogP contribution in [-0.2, 0) is 28.2 Å². The predicted octanol–water partition coefficient (Wildman–Crippen LogP) is 7.81. The normalized spacial score (nSPS) is 15.5. The number of esters is 1. The van der Waals surface area contributed by atoms with Crippen LogP contribution < -0.4 is 21.6 Å². The van der Waals surface area contributed by atoms with Gasteiger partial charge in [-0.2, -0.15) is 9.13 Å². The maximum atomic E-state index is 15.4. The summed E-state index contributed by atoms with van der Waals surface area (Å²) in [5.74, 6) is -2.56. The fraction of sp³-hybridized carbons (Fsp3) is 0.275. The van der Waals surface area contributed by atoms with Crippen molar-refractivity contribution in [2.24, 2.45) is 5.92 Å². The van der Waals surface area contributed by atoms with E-state index in [1.165, 1.54) is 41.3 Å². The van der Waals surface area contributed by atoms with Gasteiger partial charge in [0.25, 0.3) is 0 Å². The van der Waals surface area contributed by atoms with Crippen LogP contribution in [0.1, 0.15) is 44.5 Å². The second-order valence-corrected chi connectivity index (χ2v) is 25.4. The fourth-order valence-corrected chi connectivity index (χ4v) is 13.9. The molecule has 3 atom stereocenters. The van der Waals surface area contributed by atoms with Gasteiger partial charge in [0.2, 0.25) is 5.91 Å². The molecular weight excluding hydrogens is 874 g/mol. The van der Waals surface area contributed by atoms with E-state index in [2.05, 4.69) is 53.6 Å². The number of nitrogens with zero attached hydrogens (tertiary/aromatic N) is 3. The lowest BCUT2D eigenvalue weighted by Crippen LogP contribution is -2.69. The number of benzene rings is 4. The maximum Gasteiger partial charge on any atom is 0.423 e. The van der Waals surface area contributed by atoms with E-state index in [-0.39, 0.29) is 53.3 Å². The molecule has 66 heavy (non-hydrogen) atoms. The van der Waals surface area contributed by atoms with Crippen molar-refractivity contribution in [2.45, 2.75) is 64.4 Å². The summed E-state index contributed by atoms with van der Waals surface area (Å²) in [5, 5.41) is 2.07. The van der Waals surface area contributed by atoms with Gasteiger partial charge in [-0.1, -0.05) is 150 Å². The molecule has 0 radical (unpaired) electrons. The number of Topliss-reactive ketones (excluding diaryl/α,β-unsaturated/α-hetero) is 1. The monoisotopic (exact) mass is 929 g/mol. The second kappa shape index (κ2) is 20.3. The molecule has 6 rings (SSSR count). The largest absolute Gasteiger partial charge is 0.457 e. The zero-order valence-electron chi connectivity index (χ0n) is 38.2. The van der Waals surface area contributed by atoms with Gasteiger partial charge in [-0.3, -0.25) is 9.59 Å². The van der Waals surface area contributed by atoms with Gasteiger partial charge in [0.05, 0.1) is 29.1 Å². The number of carbonyl (C=O) groups is 5. The van der Waals surface area contributed by atoms with Crippen molar-refractivity contribution in [3.05, 3.63) is 163 Å². The van der Waals surface area contributed by atoms with Crippen LogP contribution in [0.2, 0.25) is 18.1 Å². The van der Waals surface area contributed by atoms with Crippen molar-refractivity contribution in [3.63, 3.8) is 0 Å². The molecule has 15 heteroatoms. The van der Waals surface area contributed by atoms with Crippen molar-refractivity contribution in [1.29, 1.82) is 0 Å². The number of ether oxygens (including phenoxy) is 3. The molecule has 1 amide bonds. The van der Waals surface area contributed by atoms with Gasteiger partial charge in [-0.05, 0) is 59.2 Å². The molecule has 0 saturated carbocycles. The lowest BCUT2D eigenvalue weighted by Gasteiger charge is -2.53. The van der Waals surface area contributed by atoms with Crippen LogP contribution in [0, 0.1) is 5.92 Å². The summed E-state index contributed by atoms with van der Waals surface area (Å²) in [5.41, 5.74) is -1.09. The first-order valence-electron chi connectivity index (χ1n) is 21.5. The third-order valence-electron chi connectivity index (χ3n) is 12.1. The molecule has 344 valence electrons. The lowest BCUT2D eigenvalue weighted by molar-refractivity contribution is -0.156. The fourth-order valence-electron chi connectivity index (χ4n) is 8.06. The van der Waals surface area contributed by atoms with E-state index in [0.29, 0.717) is 9.13 Å². The van der Waals surface area contributed by atoms with Gasteiger partial charge in [0, 0.05) is 18.9 Å². The van der Waals surface area contributed by atoms with Crippen molar-refractivity contribution >= 4 is 77.4 Å². The van der Waals surface area contributed by atoms with Crippen LogP contribution in [0.5, 0.6) is 0 Å². The minimum absolute atomic E-state index is 0.0281. The first-order valence-corrected chi connectivity index (χ1v) is 26.2. The van der Waals surface area contributed by atoms with Crippen LogP contribution in [-0.4, -0.2) is 89.6 Å². The molecule has 1 fully saturated rings. The topological polar surface area (TPSA) is 152 Å². The van der Waals surface area contributed by atoms with E-state index in [1.54, 1.807) is 0 Å². The second-order valence-electron chi connectivity index (χ2n) is 17.3. The van der Waals surface area contributed by atoms with Crippen molar-refractivity contribution < 1.29 is 42.6 Å². The Kier molecular flexibility index (Phi) is 15.0. The number of ketones is 1. The highest BCUT2D eigenvalue weighted by atomic mass is 31.2. The van der Waals surface area contributed by atoms with Crippen molar-refractivity contribution in [3.8, 4) is 0 Å². The Morgan fingerprint density at radius 3 is 1.61 bits per heavy atom. The van der Waals surface area contributed by atoms with E-state index >= 15 is 9.59 Å². The van der Waals surface area contributed by atoms with Gasteiger partial charge in [-0.15, -0.1) is 0 Å². The number of rotatable bonds is 17. The standard InChI is InChI=1S/C51H56N3O10PSi/c1-10-30-61-47(57)46(65(37-22-16-13-17-23-37,38-24-18-14-19-25-38)39-26-20-15-21-27-39)52-42(44(45(52)56)35(4)64-66(8,9)51(5,6)7)34-43(55)36-28-29-40-41(33-36)54(50(60)63-32-12-3)48(58)53(40)49(59)62-31-11-2/h10-29,33,35,42,44H,1-3,30-32,34H2,4-9H3/t35-,42-,44-/m1/s1. The Morgan fingerprint density at radius 1 is 0.697 bits per heavy atom. The number of carbonyl (C=O) groups excluding carboxylic acids is 5. The van der Waals surface area contributed by atoms with Crippen LogP contribution in [0.3, 0.4) is 0 Å². The smallest absolute Gasteiger partial charge is 0.423 e. The summed E-state index contributed by atoms with van der Waals surface area (Å²) < 4.78 is 24.5. The average Bonchev–Trinajstić information content (AvgIpc) is 3.60. The number of imidazole rings is 1. The Hall–Kier alpha value is -6.60. The molecule has 1 aliphatic rings. The zero-order valence-corrected chi connectivity index (χ0v) is 40.1. The highest BCUT2D eigenvalue weighted by Gasteiger charge is 2.57. The molecule has 1 aliphatic heterocycles. The van der Waals surface area contributed by atoms with Gasteiger partial charge < -0.3 is 23.5 Å². The summed E-state index contributed by atoms with van der Waals surface area (Å²) in [7, 11) is -2.52. The summed E-state index contributed by atoms with van der Waals surface area (Å²) in [6.07, 6.45) is 0.888. The Morgan fingerprint density at radius 2 is 1.15 bits per heavy atom. The molecule has 13 nitrogen and oxygen atoms in total. The Bertz CT molecular complexity index is 2690. The number of amides is 1. The summed E-state index contributed by atoms with van der Waals surface area (Å²) >= 11 is 0. The number of aromatic nitrogens is 2. The minimum atomic E-state index is -3.36. The summed E-state index contributed by atoms with van der Waals surface area (Å²) in [4.78, 5) is 87.2. The molecular formula is C51H56N3O10PSi. The van der Waals surface area contributed by atoms with Crippen LogP contribution >= 0.6 is 6.89 Å². The van der Waals surface area contributed by atoms with Crippen molar-refractivity contribution in [2.75, 3.05) is 19.8 Å². The molecule has 0 bridgehead atoms. The van der Waals surface area contributed by atoms with Crippen LogP contribution in [0.4, 0.5) is 9.59 Å². The van der Waals surface area contributed by atoms with E-state index in [0.717, 1.165) is 15.9 Å². The number of β-lactam (4-membered cyclic amide) rings is 1. The van der Waals surface area contributed by atoms with Gasteiger partial charge in [-0.25, -0.2) is 19.2 Å². The predicted molar refractivity (Wildman–Crippen MR) is 262 cm³/mol. The molecule has 0 spiro atoms. The summed E-state index contributed by atoms with van der Waals surface area (Å²) in [6, 6.07) is 31.7. The zero-order chi connectivity index (χ0) is 48.0. The van der Waals surface area contributed by atoms with E-state index < -0.39 is 68.8 Å². The quantitative estimate of drug-likeness (QED) is 0.0172. The highest BCUT2D eigenvalue weighted by molar-refractivity contribution is 7.96. The SMILES string of the molecule is C=CCOC(=O)C(N1C(=O)[C@H]([C@@H](C)O[Si](C)(C)C(C)(C)C)[C@H]1CC(=O)c1ccc2c(c1)n(C(=O)OCC=C)c(=O)n2C(=O)OCC=C)=P(c1ccccc1)(c1ccccc1)c1ccccc1. The van der Waals surface area contributed by atoms with Crippen LogP contribution in [0.15, 0.2) is 152 Å². The number of hydrogen-bond donors (Lipinski definition) is 0. The molecule has 4 aromatic carbocycles. The molecule has 5 aromatic rings. The first-order chi connectivity index (χ1) is 31.5. The van der Waals surface area contributed by atoms with E-state index in [4.69, 9.17) is 18.6 Å². The summed E-state index contributed by atoms with van der Waals surface area (Å²) in [6.45, 7) is 19.2. The maximum absolute atomic E-state index is 15.4. The molecule has 1 aromatic heterocycles. The number of likely N-dealkylation sites (tertiary alicyclic amines) is 1. The number of hydrogen-bond acceptors (Lipinski definition) is 10. The Balaban J connectivity index is 1.62.